The highest BCUT2D eigenvalue weighted by atomic mass is 79.9. The molecule has 1 aromatic carbocycles. The third kappa shape index (κ3) is 3.48. The van der Waals surface area contributed by atoms with E-state index in [1.165, 1.54) is 0 Å². The van der Waals surface area contributed by atoms with Crippen LogP contribution in [-0.4, -0.2) is 34.3 Å². The van der Waals surface area contributed by atoms with Gasteiger partial charge in [-0.2, -0.15) is 0 Å². The Hall–Kier alpha value is -1.56. The summed E-state index contributed by atoms with van der Waals surface area (Å²) in [5.41, 5.74) is 0.822. The van der Waals surface area contributed by atoms with Gasteiger partial charge in [0.2, 0.25) is 0 Å². The molecule has 1 aliphatic heterocycles. The van der Waals surface area contributed by atoms with Gasteiger partial charge in [0.15, 0.2) is 0 Å². The average Bonchev–Trinajstić information content (AvgIpc) is 2.99. The van der Waals surface area contributed by atoms with E-state index in [4.69, 9.17) is 4.74 Å². The predicted octanol–water partition coefficient (Wildman–Crippen LogP) is 5.90. The summed E-state index contributed by atoms with van der Waals surface area (Å²) in [6.07, 6.45) is 6.02. The van der Waals surface area contributed by atoms with E-state index >= 15 is 0 Å². The molecule has 0 atom stereocenters. The first-order valence-electron chi connectivity index (χ1n) is 9.60. The average molecular weight is 437 g/mol. The molecule has 2 aromatic rings. The molecular formula is C21H26BrFN2O2. The zero-order chi connectivity index (χ0) is 19.4. The van der Waals surface area contributed by atoms with E-state index in [1.807, 2.05) is 44.0 Å². The van der Waals surface area contributed by atoms with Gasteiger partial charge in [0, 0.05) is 30.7 Å². The van der Waals surface area contributed by atoms with Crippen LogP contribution in [0, 0.1) is 11.2 Å². The smallest absolute Gasteiger partial charge is 0.410 e. The van der Waals surface area contributed by atoms with Crippen LogP contribution in [0.25, 0.3) is 10.9 Å². The fourth-order valence-corrected chi connectivity index (χ4v) is 4.87. The number of piperidine rings is 1. The van der Waals surface area contributed by atoms with Gasteiger partial charge >= 0.3 is 6.09 Å². The lowest BCUT2D eigenvalue weighted by molar-refractivity contribution is -0.0225. The Morgan fingerprint density at radius 2 is 1.89 bits per heavy atom. The fraction of sp³-hybridized carbons (Fsp3) is 0.571. The first-order valence-corrected chi connectivity index (χ1v) is 10.4. The predicted molar refractivity (Wildman–Crippen MR) is 107 cm³/mol. The molecule has 2 heterocycles. The van der Waals surface area contributed by atoms with Crippen LogP contribution in [0.1, 0.15) is 52.5 Å². The van der Waals surface area contributed by atoms with Crippen molar-refractivity contribution in [3.8, 4) is 0 Å². The number of hydrogen-bond acceptors (Lipinski definition) is 2. The third-order valence-corrected chi connectivity index (χ3v) is 6.61. The van der Waals surface area contributed by atoms with Gasteiger partial charge in [-0.25, -0.2) is 9.18 Å². The molecule has 1 saturated heterocycles. The molecule has 146 valence electrons. The number of benzene rings is 1. The van der Waals surface area contributed by atoms with Crippen LogP contribution in [0.2, 0.25) is 0 Å². The number of carbonyl (C=O) groups excluding carboxylic acids is 1. The molecule has 1 saturated carbocycles. The zero-order valence-corrected chi connectivity index (χ0v) is 17.7. The minimum absolute atomic E-state index is 0.189. The van der Waals surface area contributed by atoms with Gasteiger partial charge in [-0.05, 0) is 86.0 Å². The molecule has 4 rings (SSSR count). The van der Waals surface area contributed by atoms with Gasteiger partial charge in [-0.1, -0.05) is 0 Å². The van der Waals surface area contributed by atoms with Gasteiger partial charge in [-0.3, -0.25) is 0 Å². The summed E-state index contributed by atoms with van der Waals surface area (Å²) >= 11 is 3.26. The molecule has 0 N–H and O–H groups in total. The van der Waals surface area contributed by atoms with Crippen LogP contribution >= 0.6 is 15.9 Å². The van der Waals surface area contributed by atoms with Gasteiger partial charge in [0.1, 0.15) is 11.4 Å². The number of ether oxygens (including phenoxy) is 1. The number of nitrogens with zero attached hydrogens (tertiary/aromatic N) is 2. The minimum Gasteiger partial charge on any atom is -0.444 e. The van der Waals surface area contributed by atoms with E-state index in [-0.39, 0.29) is 11.9 Å². The topological polar surface area (TPSA) is 34.5 Å². The summed E-state index contributed by atoms with van der Waals surface area (Å²) in [5, 5.41) is 0.671. The highest BCUT2D eigenvalue weighted by Crippen LogP contribution is 2.55. The maximum Gasteiger partial charge on any atom is 0.410 e. The van der Waals surface area contributed by atoms with Gasteiger partial charge in [0.05, 0.1) is 9.99 Å². The second-order valence-corrected chi connectivity index (χ2v) is 9.90. The summed E-state index contributed by atoms with van der Waals surface area (Å²) < 4.78 is 22.5. The standard InChI is InChI=1S/C21H26BrFN2O2/c1-20(2,3)27-19(26)24-10-7-21(8-11-24)12-14(13-21)25-9-6-15-17(25)5-4-16(22)18(15)23/h4-6,9,14H,7-8,10-13H2,1-3H3. The van der Waals surface area contributed by atoms with Crippen LogP contribution < -0.4 is 0 Å². The van der Waals surface area contributed by atoms with Crippen molar-refractivity contribution < 1.29 is 13.9 Å². The van der Waals surface area contributed by atoms with Crippen molar-refractivity contribution >= 4 is 32.9 Å². The first-order chi connectivity index (χ1) is 12.7. The summed E-state index contributed by atoms with van der Waals surface area (Å²) in [6.45, 7) is 7.21. The molecule has 0 bridgehead atoms. The largest absolute Gasteiger partial charge is 0.444 e. The molecule has 27 heavy (non-hydrogen) atoms. The van der Waals surface area contributed by atoms with Crippen LogP contribution in [0.4, 0.5) is 9.18 Å². The molecular weight excluding hydrogens is 411 g/mol. The summed E-state index contributed by atoms with van der Waals surface area (Å²) in [7, 11) is 0. The SMILES string of the molecule is CC(C)(C)OC(=O)N1CCC2(CC1)CC(n1ccc3c(F)c(Br)ccc31)C2. The number of rotatable bonds is 1. The van der Waals surface area contributed by atoms with Crippen LogP contribution in [0.15, 0.2) is 28.9 Å². The number of halogens is 2. The van der Waals surface area contributed by atoms with Crippen molar-refractivity contribution in [1.29, 1.82) is 0 Å². The molecule has 1 spiro atoms. The minimum atomic E-state index is -0.451. The first kappa shape index (κ1) is 18.8. The highest BCUT2D eigenvalue weighted by molar-refractivity contribution is 9.10. The number of hydrogen-bond donors (Lipinski definition) is 0. The Morgan fingerprint density at radius 3 is 2.52 bits per heavy atom. The Labute approximate surface area is 167 Å². The molecule has 1 aromatic heterocycles. The van der Waals surface area contributed by atoms with E-state index in [0.717, 1.165) is 44.3 Å². The number of likely N-dealkylation sites (tertiary alicyclic amines) is 1. The van der Waals surface area contributed by atoms with Crippen molar-refractivity contribution in [2.75, 3.05) is 13.1 Å². The quantitative estimate of drug-likeness (QED) is 0.557. The van der Waals surface area contributed by atoms with Crippen LogP contribution in [0.5, 0.6) is 0 Å². The Kier molecular flexibility index (Phi) is 4.53. The molecule has 1 aliphatic carbocycles. The van der Waals surface area contributed by atoms with Crippen molar-refractivity contribution in [3.63, 3.8) is 0 Å². The molecule has 0 unspecified atom stereocenters. The highest BCUT2D eigenvalue weighted by Gasteiger charge is 2.47. The molecule has 4 nitrogen and oxygen atoms in total. The van der Waals surface area contributed by atoms with Crippen LogP contribution in [-0.2, 0) is 4.74 Å². The lowest BCUT2D eigenvalue weighted by Crippen LogP contribution is -2.50. The molecule has 2 aliphatic rings. The summed E-state index contributed by atoms with van der Waals surface area (Å²) in [5.74, 6) is -0.189. The molecule has 0 radical (unpaired) electrons. The normalized spacial score (nSPS) is 20.1. The molecule has 6 heteroatoms. The number of fused-ring (bicyclic) bond motifs is 1. The van der Waals surface area contributed by atoms with E-state index in [2.05, 4.69) is 20.5 Å². The van der Waals surface area contributed by atoms with E-state index in [9.17, 15) is 9.18 Å². The summed E-state index contributed by atoms with van der Waals surface area (Å²) in [4.78, 5) is 14.1. The maximum absolute atomic E-state index is 14.3. The Morgan fingerprint density at radius 1 is 1.22 bits per heavy atom. The zero-order valence-electron chi connectivity index (χ0n) is 16.1. The van der Waals surface area contributed by atoms with Gasteiger partial charge in [-0.15, -0.1) is 0 Å². The second kappa shape index (κ2) is 6.50. The summed E-state index contributed by atoms with van der Waals surface area (Å²) in [6, 6.07) is 6.04. The molecule has 2 fully saturated rings. The fourth-order valence-electron chi connectivity index (χ4n) is 4.53. The Bertz CT molecular complexity index is 870. The monoisotopic (exact) mass is 436 g/mol. The van der Waals surface area contributed by atoms with E-state index in [1.54, 1.807) is 6.07 Å². The third-order valence-electron chi connectivity index (χ3n) is 6.00. The van der Waals surface area contributed by atoms with Crippen LogP contribution in [0.3, 0.4) is 0 Å². The number of carbonyl (C=O) groups is 1. The van der Waals surface area contributed by atoms with Gasteiger partial charge in [0.25, 0.3) is 0 Å². The second-order valence-electron chi connectivity index (χ2n) is 9.05. The maximum atomic E-state index is 14.3. The Balaban J connectivity index is 1.39. The van der Waals surface area contributed by atoms with Crippen molar-refractivity contribution in [3.05, 3.63) is 34.7 Å². The lowest BCUT2D eigenvalue weighted by Gasteiger charge is -2.52. The van der Waals surface area contributed by atoms with E-state index < -0.39 is 5.60 Å². The number of amides is 1. The van der Waals surface area contributed by atoms with Crippen molar-refractivity contribution in [2.24, 2.45) is 5.41 Å². The van der Waals surface area contributed by atoms with E-state index in [0.29, 0.717) is 21.3 Å². The lowest BCUT2D eigenvalue weighted by atomic mass is 9.60. The molecule has 1 amide bonds. The van der Waals surface area contributed by atoms with Crippen molar-refractivity contribution in [2.45, 2.75) is 58.1 Å². The number of aromatic nitrogens is 1. The van der Waals surface area contributed by atoms with Gasteiger partial charge < -0.3 is 14.2 Å². The van der Waals surface area contributed by atoms with Crippen molar-refractivity contribution in [1.82, 2.24) is 9.47 Å².